The van der Waals surface area contributed by atoms with Gasteiger partial charge in [-0.1, -0.05) is 18.2 Å². The van der Waals surface area contributed by atoms with Crippen LogP contribution in [0.4, 0.5) is 0 Å². The van der Waals surface area contributed by atoms with Crippen molar-refractivity contribution in [3.63, 3.8) is 0 Å². The summed E-state index contributed by atoms with van der Waals surface area (Å²) < 4.78 is 26.4. The number of carbonyl (C=O) groups is 5. The van der Waals surface area contributed by atoms with Crippen molar-refractivity contribution in [3.8, 4) is 0 Å². The van der Waals surface area contributed by atoms with E-state index in [0.717, 1.165) is 27.7 Å². The van der Waals surface area contributed by atoms with Gasteiger partial charge in [0.25, 0.3) is 5.91 Å². The minimum Gasteiger partial charge on any atom is -0.463 e. The van der Waals surface area contributed by atoms with Gasteiger partial charge < -0.3 is 23.7 Å². The molecule has 1 heterocycles. The second-order valence-electron chi connectivity index (χ2n) is 6.98. The first-order chi connectivity index (χ1) is 15.6. The highest BCUT2D eigenvalue weighted by Crippen LogP contribution is 2.29. The Kier molecular flexibility index (Phi) is 9.30. The SMILES string of the molecule is CC(=O)OC[C@H]1O[C@@H](ONC(=O)c2ccccc2)[C@H](OC(C)=O)[C@@H](OC(C)=O)[C@H]1OC(C)=O. The van der Waals surface area contributed by atoms with E-state index >= 15 is 0 Å². The van der Waals surface area contributed by atoms with Gasteiger partial charge in [0.1, 0.15) is 12.7 Å². The summed E-state index contributed by atoms with van der Waals surface area (Å²) in [5, 5.41) is 0. The molecule has 33 heavy (non-hydrogen) atoms. The molecule has 1 aromatic carbocycles. The number of hydroxylamine groups is 1. The van der Waals surface area contributed by atoms with Crippen LogP contribution in [0.5, 0.6) is 0 Å². The monoisotopic (exact) mass is 467 g/mol. The summed E-state index contributed by atoms with van der Waals surface area (Å²) in [5.41, 5.74) is 2.44. The van der Waals surface area contributed by atoms with Crippen molar-refractivity contribution >= 4 is 29.8 Å². The Morgan fingerprint density at radius 3 is 1.88 bits per heavy atom. The number of esters is 4. The Morgan fingerprint density at radius 2 is 1.33 bits per heavy atom. The van der Waals surface area contributed by atoms with Crippen LogP contribution in [0.25, 0.3) is 0 Å². The van der Waals surface area contributed by atoms with Crippen LogP contribution in [-0.2, 0) is 47.7 Å². The lowest BCUT2D eigenvalue weighted by Gasteiger charge is -2.43. The molecule has 1 aliphatic rings. The fourth-order valence-corrected chi connectivity index (χ4v) is 3.04. The van der Waals surface area contributed by atoms with Crippen LogP contribution in [0.2, 0.25) is 0 Å². The van der Waals surface area contributed by atoms with Gasteiger partial charge in [-0.3, -0.25) is 24.0 Å². The number of benzene rings is 1. The van der Waals surface area contributed by atoms with Gasteiger partial charge >= 0.3 is 23.9 Å². The molecule has 1 aliphatic heterocycles. The molecule has 0 spiro atoms. The minimum absolute atomic E-state index is 0.267. The molecule has 1 N–H and O–H groups in total. The van der Waals surface area contributed by atoms with Crippen LogP contribution < -0.4 is 5.48 Å². The molecule has 1 fully saturated rings. The molecule has 12 nitrogen and oxygen atoms in total. The molecule has 5 atom stereocenters. The van der Waals surface area contributed by atoms with Crippen LogP contribution in [0.3, 0.4) is 0 Å². The molecule has 2 rings (SSSR count). The highest BCUT2D eigenvalue weighted by atomic mass is 16.8. The van der Waals surface area contributed by atoms with Gasteiger partial charge in [-0.15, -0.1) is 0 Å². The molecule has 0 unspecified atom stereocenters. The number of carbonyl (C=O) groups excluding carboxylic acids is 5. The number of ether oxygens (including phenoxy) is 5. The molecule has 1 saturated heterocycles. The second kappa shape index (κ2) is 11.9. The smallest absolute Gasteiger partial charge is 0.303 e. The highest BCUT2D eigenvalue weighted by Gasteiger charge is 2.53. The molecule has 0 bridgehead atoms. The van der Waals surface area contributed by atoms with E-state index < -0.39 is 67.1 Å². The third kappa shape index (κ3) is 7.84. The number of hydrogen-bond donors (Lipinski definition) is 1. The Morgan fingerprint density at radius 1 is 0.788 bits per heavy atom. The lowest BCUT2D eigenvalue weighted by atomic mass is 9.98. The van der Waals surface area contributed by atoms with Gasteiger partial charge in [-0.05, 0) is 12.1 Å². The number of hydrogen-bond acceptors (Lipinski definition) is 11. The zero-order valence-electron chi connectivity index (χ0n) is 18.5. The maximum Gasteiger partial charge on any atom is 0.303 e. The summed E-state index contributed by atoms with van der Waals surface area (Å²) >= 11 is 0. The van der Waals surface area contributed by atoms with Crippen LogP contribution in [0.1, 0.15) is 38.1 Å². The number of amides is 1. The standard InChI is InChI=1S/C21H25NO11/c1-11(23)28-10-16-17(29-12(2)24)18(30-13(3)25)19(31-14(4)26)21(32-16)33-22-20(27)15-8-6-5-7-9-15/h5-9,16-19,21H,10H2,1-4H3,(H,22,27)/t16-,17+,18+,19-,21+/m1/s1. The molecular formula is C21H25NO11. The molecular weight excluding hydrogens is 442 g/mol. The molecule has 0 aromatic heterocycles. The highest BCUT2D eigenvalue weighted by molar-refractivity contribution is 5.93. The largest absolute Gasteiger partial charge is 0.463 e. The summed E-state index contributed by atoms with van der Waals surface area (Å²) in [5.74, 6) is -3.62. The number of nitrogens with one attached hydrogen (secondary N) is 1. The van der Waals surface area contributed by atoms with E-state index in [2.05, 4.69) is 5.48 Å². The fourth-order valence-electron chi connectivity index (χ4n) is 3.04. The average Bonchev–Trinajstić information content (AvgIpc) is 2.73. The Hall–Kier alpha value is -3.51. The normalized spacial score (nSPS) is 24.2. The first kappa shape index (κ1) is 25.7. The van der Waals surface area contributed by atoms with Crippen molar-refractivity contribution in [1.29, 1.82) is 0 Å². The van der Waals surface area contributed by atoms with Gasteiger partial charge in [0.05, 0.1) is 0 Å². The predicted molar refractivity (Wildman–Crippen MR) is 107 cm³/mol. The van der Waals surface area contributed by atoms with Crippen LogP contribution in [0.15, 0.2) is 30.3 Å². The third-order valence-electron chi connectivity index (χ3n) is 4.25. The van der Waals surface area contributed by atoms with Crippen molar-refractivity contribution < 1.29 is 52.5 Å². The van der Waals surface area contributed by atoms with Crippen molar-refractivity contribution in [2.45, 2.75) is 58.4 Å². The molecule has 0 radical (unpaired) electrons. The van der Waals surface area contributed by atoms with E-state index in [4.69, 9.17) is 28.5 Å². The summed E-state index contributed by atoms with van der Waals surface area (Å²) in [7, 11) is 0. The van der Waals surface area contributed by atoms with E-state index in [0.29, 0.717) is 0 Å². The van der Waals surface area contributed by atoms with E-state index in [-0.39, 0.29) is 5.56 Å². The van der Waals surface area contributed by atoms with Gasteiger partial charge in [0.15, 0.2) is 18.3 Å². The van der Waals surface area contributed by atoms with E-state index in [1.165, 1.54) is 12.1 Å². The number of rotatable bonds is 8. The minimum atomic E-state index is -1.52. The molecule has 1 amide bonds. The van der Waals surface area contributed by atoms with Gasteiger partial charge in [-0.25, -0.2) is 10.3 Å². The average molecular weight is 467 g/mol. The second-order valence-corrected chi connectivity index (χ2v) is 6.98. The molecule has 12 heteroatoms. The zero-order chi connectivity index (χ0) is 24.5. The quantitative estimate of drug-likeness (QED) is 0.322. The summed E-state index contributed by atoms with van der Waals surface area (Å²) in [6.07, 6.45) is -6.87. The maximum atomic E-state index is 12.4. The van der Waals surface area contributed by atoms with Crippen LogP contribution in [-0.4, -0.2) is 67.1 Å². The fraction of sp³-hybridized carbons (Fsp3) is 0.476. The van der Waals surface area contributed by atoms with Crippen LogP contribution >= 0.6 is 0 Å². The lowest BCUT2D eigenvalue weighted by Crippen LogP contribution is -2.63. The zero-order valence-corrected chi connectivity index (χ0v) is 18.5. The molecule has 180 valence electrons. The Labute approximate surface area is 189 Å². The summed E-state index contributed by atoms with van der Waals surface area (Å²) in [4.78, 5) is 64.2. The van der Waals surface area contributed by atoms with E-state index in [1.54, 1.807) is 18.2 Å². The third-order valence-corrected chi connectivity index (χ3v) is 4.25. The lowest BCUT2D eigenvalue weighted by molar-refractivity contribution is -0.317. The molecule has 0 saturated carbocycles. The van der Waals surface area contributed by atoms with E-state index in [1.807, 2.05) is 0 Å². The van der Waals surface area contributed by atoms with Gasteiger partial charge in [0.2, 0.25) is 6.29 Å². The molecule has 0 aliphatic carbocycles. The van der Waals surface area contributed by atoms with E-state index in [9.17, 15) is 24.0 Å². The maximum absolute atomic E-state index is 12.4. The van der Waals surface area contributed by atoms with Crippen molar-refractivity contribution in [1.82, 2.24) is 5.48 Å². The summed E-state index contributed by atoms with van der Waals surface area (Å²) in [6.45, 7) is 4.04. The van der Waals surface area contributed by atoms with Crippen molar-refractivity contribution in [3.05, 3.63) is 35.9 Å². The predicted octanol–water partition coefficient (Wildman–Crippen LogP) is 0.431. The Bertz CT molecular complexity index is 872. The first-order valence-electron chi connectivity index (χ1n) is 9.90. The first-order valence-corrected chi connectivity index (χ1v) is 9.90. The van der Waals surface area contributed by atoms with Crippen molar-refractivity contribution in [2.24, 2.45) is 0 Å². The topological polar surface area (TPSA) is 153 Å². The van der Waals surface area contributed by atoms with Gasteiger partial charge in [-0.2, -0.15) is 0 Å². The van der Waals surface area contributed by atoms with Crippen molar-refractivity contribution in [2.75, 3.05) is 6.61 Å². The van der Waals surface area contributed by atoms with Crippen LogP contribution in [0, 0.1) is 0 Å². The molecule has 1 aromatic rings. The Balaban J connectivity index is 2.33. The summed E-state index contributed by atoms with van der Waals surface area (Å²) in [6, 6.07) is 8.07. The van der Waals surface area contributed by atoms with Gasteiger partial charge in [0, 0.05) is 33.3 Å².